The van der Waals surface area contributed by atoms with E-state index < -0.39 is 0 Å². The second kappa shape index (κ2) is 7.66. The Labute approximate surface area is 100 Å². The molecule has 0 aromatic heterocycles. The Morgan fingerprint density at radius 3 is 2.25 bits per heavy atom. The molecule has 0 rings (SSSR count). The summed E-state index contributed by atoms with van der Waals surface area (Å²) in [5.41, 5.74) is 5.30. The van der Waals surface area contributed by atoms with Gasteiger partial charge in [-0.1, -0.05) is 33.1 Å². The van der Waals surface area contributed by atoms with E-state index >= 15 is 0 Å². The topological polar surface area (TPSA) is 55.1 Å². The number of primary amides is 1. The number of amides is 1. The number of nitrogens with one attached hydrogen (secondary N) is 1. The zero-order chi connectivity index (χ0) is 12.6. The van der Waals surface area contributed by atoms with E-state index in [1.807, 2.05) is 0 Å². The van der Waals surface area contributed by atoms with Crippen molar-refractivity contribution >= 4 is 5.91 Å². The van der Waals surface area contributed by atoms with Gasteiger partial charge in [0.15, 0.2) is 0 Å². The highest BCUT2D eigenvalue weighted by molar-refractivity contribution is 5.78. The van der Waals surface area contributed by atoms with Crippen LogP contribution < -0.4 is 11.1 Å². The number of unbranched alkanes of at least 4 members (excludes halogenated alkanes) is 2. The minimum atomic E-state index is -0.184. The van der Waals surface area contributed by atoms with Crippen molar-refractivity contribution in [2.24, 2.45) is 11.7 Å². The average Bonchev–Trinajstić information content (AvgIpc) is 2.17. The molecule has 0 fully saturated rings. The predicted octanol–water partition coefficient (Wildman–Crippen LogP) is 2.45. The summed E-state index contributed by atoms with van der Waals surface area (Å²) >= 11 is 0. The van der Waals surface area contributed by atoms with Crippen LogP contribution in [0.4, 0.5) is 0 Å². The Bertz CT molecular complexity index is 202. The molecule has 0 heterocycles. The zero-order valence-electron chi connectivity index (χ0n) is 11.3. The molecule has 0 saturated carbocycles. The fraction of sp³-hybridized carbons (Fsp3) is 0.923. The van der Waals surface area contributed by atoms with Crippen LogP contribution in [-0.4, -0.2) is 18.0 Å². The maximum atomic E-state index is 11.5. The van der Waals surface area contributed by atoms with Gasteiger partial charge in [-0.25, -0.2) is 0 Å². The summed E-state index contributed by atoms with van der Waals surface area (Å²) in [5.74, 6) is -0.244. The molecule has 0 spiro atoms. The largest absolute Gasteiger partial charge is 0.369 e. The van der Waals surface area contributed by atoms with E-state index in [0.29, 0.717) is 0 Å². The molecule has 3 nitrogen and oxygen atoms in total. The molecular formula is C13H28N2O. The van der Waals surface area contributed by atoms with Crippen LogP contribution in [0.15, 0.2) is 0 Å². The molecule has 16 heavy (non-hydrogen) atoms. The van der Waals surface area contributed by atoms with Crippen molar-refractivity contribution in [1.82, 2.24) is 5.32 Å². The summed E-state index contributed by atoms with van der Waals surface area (Å²) in [5, 5.41) is 3.45. The fourth-order valence-corrected chi connectivity index (χ4v) is 1.98. The third-order valence-corrected chi connectivity index (χ3v) is 3.17. The van der Waals surface area contributed by atoms with Gasteiger partial charge >= 0.3 is 0 Å². The van der Waals surface area contributed by atoms with E-state index in [0.717, 1.165) is 32.2 Å². The van der Waals surface area contributed by atoms with Gasteiger partial charge in [-0.2, -0.15) is 0 Å². The number of hydrogen-bond donors (Lipinski definition) is 2. The number of hydrogen-bond acceptors (Lipinski definition) is 2. The Morgan fingerprint density at radius 1 is 1.25 bits per heavy atom. The van der Waals surface area contributed by atoms with Crippen LogP contribution >= 0.6 is 0 Å². The monoisotopic (exact) mass is 228 g/mol. The maximum absolute atomic E-state index is 11.5. The maximum Gasteiger partial charge on any atom is 0.222 e. The molecule has 0 bridgehead atoms. The standard InChI is InChI=1S/C13H28N2O/c1-5-7-9-11(12(14)16)13(3,4)15-10-8-6-2/h11,15H,5-10H2,1-4H3,(H2,14,16). The van der Waals surface area contributed by atoms with Gasteiger partial charge in [0.25, 0.3) is 0 Å². The lowest BCUT2D eigenvalue weighted by Gasteiger charge is -2.33. The fourth-order valence-electron chi connectivity index (χ4n) is 1.98. The van der Waals surface area contributed by atoms with E-state index in [2.05, 4.69) is 33.0 Å². The minimum absolute atomic E-state index is 0.0655. The lowest BCUT2D eigenvalue weighted by molar-refractivity contribution is -0.124. The molecule has 0 aromatic carbocycles. The first-order valence-electron chi connectivity index (χ1n) is 6.50. The summed E-state index contributed by atoms with van der Waals surface area (Å²) < 4.78 is 0. The molecular weight excluding hydrogens is 200 g/mol. The van der Waals surface area contributed by atoms with E-state index in [1.165, 1.54) is 6.42 Å². The van der Waals surface area contributed by atoms with Crippen molar-refractivity contribution in [1.29, 1.82) is 0 Å². The highest BCUT2D eigenvalue weighted by Crippen LogP contribution is 2.22. The molecule has 96 valence electrons. The van der Waals surface area contributed by atoms with Gasteiger partial charge in [-0.15, -0.1) is 0 Å². The Kier molecular flexibility index (Phi) is 7.39. The van der Waals surface area contributed by atoms with Crippen LogP contribution in [0.3, 0.4) is 0 Å². The van der Waals surface area contributed by atoms with Gasteiger partial charge in [-0.3, -0.25) is 4.79 Å². The Balaban J connectivity index is 4.30. The van der Waals surface area contributed by atoms with Gasteiger partial charge < -0.3 is 11.1 Å². The second-order valence-electron chi connectivity index (χ2n) is 5.10. The number of rotatable bonds is 9. The van der Waals surface area contributed by atoms with Crippen LogP contribution in [-0.2, 0) is 4.79 Å². The SMILES string of the molecule is CCCCNC(C)(C)C(CCCC)C(N)=O. The van der Waals surface area contributed by atoms with Crippen molar-refractivity contribution in [2.45, 2.75) is 65.3 Å². The third-order valence-electron chi connectivity index (χ3n) is 3.17. The van der Waals surface area contributed by atoms with Crippen LogP contribution in [0.1, 0.15) is 59.8 Å². The molecule has 0 aliphatic heterocycles. The van der Waals surface area contributed by atoms with Crippen LogP contribution in [0.2, 0.25) is 0 Å². The molecule has 1 atom stereocenters. The number of carbonyl (C=O) groups is 1. The quantitative estimate of drug-likeness (QED) is 0.596. The van der Waals surface area contributed by atoms with Crippen molar-refractivity contribution in [3.8, 4) is 0 Å². The van der Waals surface area contributed by atoms with E-state index in [-0.39, 0.29) is 17.4 Å². The van der Waals surface area contributed by atoms with E-state index in [1.54, 1.807) is 0 Å². The molecule has 0 aromatic rings. The summed E-state index contributed by atoms with van der Waals surface area (Å²) in [6.45, 7) is 9.41. The predicted molar refractivity (Wildman–Crippen MR) is 69.2 cm³/mol. The van der Waals surface area contributed by atoms with E-state index in [9.17, 15) is 4.79 Å². The van der Waals surface area contributed by atoms with Crippen LogP contribution in [0, 0.1) is 5.92 Å². The second-order valence-corrected chi connectivity index (χ2v) is 5.10. The molecule has 3 N–H and O–H groups in total. The van der Waals surface area contributed by atoms with Gasteiger partial charge in [0.2, 0.25) is 5.91 Å². The molecule has 0 saturated heterocycles. The Hall–Kier alpha value is -0.570. The van der Waals surface area contributed by atoms with Crippen molar-refractivity contribution in [2.75, 3.05) is 6.54 Å². The van der Waals surface area contributed by atoms with Gasteiger partial charge in [0, 0.05) is 5.54 Å². The first kappa shape index (κ1) is 15.4. The summed E-state index contributed by atoms with van der Waals surface area (Å²) in [6.07, 6.45) is 5.36. The number of carbonyl (C=O) groups excluding carboxylic acids is 1. The van der Waals surface area contributed by atoms with Crippen molar-refractivity contribution in [3.05, 3.63) is 0 Å². The van der Waals surface area contributed by atoms with Crippen LogP contribution in [0.25, 0.3) is 0 Å². The van der Waals surface area contributed by atoms with Crippen molar-refractivity contribution < 1.29 is 4.79 Å². The van der Waals surface area contributed by atoms with Gasteiger partial charge in [-0.05, 0) is 33.2 Å². The minimum Gasteiger partial charge on any atom is -0.369 e. The summed E-state index contributed by atoms with van der Waals surface area (Å²) in [7, 11) is 0. The third kappa shape index (κ3) is 5.50. The highest BCUT2D eigenvalue weighted by atomic mass is 16.1. The van der Waals surface area contributed by atoms with Gasteiger partial charge in [0.05, 0.1) is 5.92 Å². The normalized spacial score (nSPS) is 13.8. The van der Waals surface area contributed by atoms with E-state index in [4.69, 9.17) is 5.73 Å². The highest BCUT2D eigenvalue weighted by Gasteiger charge is 2.32. The molecule has 1 unspecified atom stereocenters. The summed E-state index contributed by atoms with van der Waals surface area (Å²) in [4.78, 5) is 11.5. The molecule has 0 aliphatic carbocycles. The molecule has 0 radical (unpaired) electrons. The first-order chi connectivity index (χ1) is 7.45. The molecule has 0 aliphatic rings. The Morgan fingerprint density at radius 2 is 1.81 bits per heavy atom. The smallest absolute Gasteiger partial charge is 0.222 e. The lowest BCUT2D eigenvalue weighted by Crippen LogP contribution is -2.51. The summed E-state index contributed by atoms with van der Waals surface area (Å²) in [6, 6.07) is 0. The molecule has 1 amide bonds. The lowest BCUT2D eigenvalue weighted by atomic mass is 9.83. The first-order valence-corrected chi connectivity index (χ1v) is 6.50. The number of nitrogens with two attached hydrogens (primary N) is 1. The van der Waals surface area contributed by atoms with Crippen LogP contribution in [0.5, 0.6) is 0 Å². The van der Waals surface area contributed by atoms with Gasteiger partial charge in [0.1, 0.15) is 0 Å². The zero-order valence-corrected chi connectivity index (χ0v) is 11.3. The average molecular weight is 228 g/mol. The van der Waals surface area contributed by atoms with Crippen molar-refractivity contribution in [3.63, 3.8) is 0 Å². The molecule has 3 heteroatoms.